The molecule has 1 aliphatic rings. The third kappa shape index (κ3) is 7.86. The molecule has 1 fully saturated rings. The topological polar surface area (TPSA) is 64.7 Å². The van der Waals surface area contributed by atoms with Crippen LogP contribution in [0.15, 0.2) is 78.9 Å². The molecule has 2 N–H and O–H groups in total. The molecule has 6 nitrogen and oxygen atoms in total. The van der Waals surface area contributed by atoms with Crippen LogP contribution in [0.1, 0.15) is 43.0 Å². The van der Waals surface area contributed by atoms with Crippen molar-refractivity contribution in [3.8, 4) is 0 Å². The van der Waals surface area contributed by atoms with Crippen LogP contribution >= 0.6 is 0 Å². The van der Waals surface area contributed by atoms with Gasteiger partial charge in [0, 0.05) is 32.7 Å². The van der Waals surface area contributed by atoms with Crippen LogP contribution in [0.25, 0.3) is 0 Å². The van der Waals surface area contributed by atoms with Crippen LogP contribution in [0, 0.1) is 17.6 Å². The van der Waals surface area contributed by atoms with E-state index in [1.807, 2.05) is 44.2 Å². The summed E-state index contributed by atoms with van der Waals surface area (Å²) >= 11 is 0. The first-order valence-electron chi connectivity index (χ1n) is 13.4. The fourth-order valence-corrected chi connectivity index (χ4v) is 4.94. The van der Waals surface area contributed by atoms with E-state index in [-0.39, 0.29) is 35.5 Å². The van der Waals surface area contributed by atoms with E-state index in [1.165, 1.54) is 24.3 Å². The van der Waals surface area contributed by atoms with Gasteiger partial charge in [-0.25, -0.2) is 13.6 Å². The zero-order chi connectivity index (χ0) is 27.8. The minimum Gasteiger partial charge on any atom is -0.350 e. The van der Waals surface area contributed by atoms with Crippen LogP contribution in [0.5, 0.6) is 0 Å². The van der Waals surface area contributed by atoms with Crippen molar-refractivity contribution in [2.24, 2.45) is 5.92 Å². The van der Waals surface area contributed by atoms with Crippen molar-refractivity contribution in [3.05, 3.63) is 107 Å². The Morgan fingerprint density at radius 1 is 0.795 bits per heavy atom. The van der Waals surface area contributed by atoms with Gasteiger partial charge in [-0.05, 0) is 53.3 Å². The monoisotopic (exact) mass is 534 g/mol. The number of piperazine rings is 1. The molecule has 0 unspecified atom stereocenters. The summed E-state index contributed by atoms with van der Waals surface area (Å²) in [6, 6.07) is 21.2. The number of hydrogen-bond donors (Lipinski definition) is 2. The van der Waals surface area contributed by atoms with Gasteiger partial charge in [-0.1, -0.05) is 68.4 Å². The zero-order valence-electron chi connectivity index (χ0n) is 22.4. The molecule has 1 saturated heterocycles. The number of nitrogens with one attached hydrogen (secondary N) is 2. The third-order valence-electron chi connectivity index (χ3n) is 6.97. The lowest BCUT2D eigenvalue weighted by Gasteiger charge is -2.40. The molecule has 39 heavy (non-hydrogen) atoms. The lowest BCUT2D eigenvalue weighted by Crippen LogP contribution is -2.56. The minimum absolute atomic E-state index is 0.200. The normalized spacial score (nSPS) is 14.9. The van der Waals surface area contributed by atoms with E-state index in [4.69, 9.17) is 0 Å². The van der Waals surface area contributed by atoms with Crippen LogP contribution in [-0.2, 0) is 11.3 Å². The Labute approximate surface area is 229 Å². The SMILES string of the molecule is CC(C)C[C@@H](NC(=O)N1CCN(C(c2ccc(F)cc2)c2ccc(F)cc2)CC1)C(=O)NCc1ccccc1. The second-order valence-electron chi connectivity index (χ2n) is 10.4. The molecule has 0 radical (unpaired) electrons. The summed E-state index contributed by atoms with van der Waals surface area (Å²) in [4.78, 5) is 30.1. The van der Waals surface area contributed by atoms with Crippen LogP contribution < -0.4 is 10.6 Å². The Morgan fingerprint density at radius 2 is 1.33 bits per heavy atom. The highest BCUT2D eigenvalue weighted by Crippen LogP contribution is 2.30. The van der Waals surface area contributed by atoms with E-state index in [0.29, 0.717) is 39.1 Å². The first-order valence-corrected chi connectivity index (χ1v) is 13.4. The number of benzene rings is 3. The summed E-state index contributed by atoms with van der Waals surface area (Å²) in [6.07, 6.45) is 0.531. The van der Waals surface area contributed by atoms with E-state index >= 15 is 0 Å². The van der Waals surface area contributed by atoms with Gasteiger partial charge in [-0.3, -0.25) is 9.69 Å². The van der Waals surface area contributed by atoms with E-state index in [1.54, 1.807) is 29.2 Å². The summed E-state index contributed by atoms with van der Waals surface area (Å²) < 4.78 is 27.2. The second-order valence-corrected chi connectivity index (χ2v) is 10.4. The van der Waals surface area contributed by atoms with Gasteiger partial charge in [0.15, 0.2) is 0 Å². The Hall–Kier alpha value is -3.78. The Morgan fingerprint density at radius 3 is 1.85 bits per heavy atom. The molecule has 206 valence electrons. The Kier molecular flexibility index (Phi) is 9.65. The molecule has 8 heteroatoms. The summed E-state index contributed by atoms with van der Waals surface area (Å²) in [5.74, 6) is -0.613. The molecule has 3 aromatic rings. The number of nitrogens with zero attached hydrogens (tertiary/aromatic N) is 2. The maximum absolute atomic E-state index is 13.6. The number of hydrogen-bond acceptors (Lipinski definition) is 3. The molecular weight excluding hydrogens is 498 g/mol. The highest BCUT2D eigenvalue weighted by atomic mass is 19.1. The van der Waals surface area contributed by atoms with Crippen molar-refractivity contribution < 1.29 is 18.4 Å². The van der Waals surface area contributed by atoms with E-state index in [2.05, 4.69) is 15.5 Å². The molecular formula is C31H36F2N4O2. The molecule has 1 heterocycles. The van der Waals surface area contributed by atoms with Crippen molar-refractivity contribution in [1.29, 1.82) is 0 Å². The Bertz CT molecular complexity index is 1170. The predicted molar refractivity (Wildman–Crippen MR) is 148 cm³/mol. The van der Waals surface area contributed by atoms with Crippen LogP contribution in [0.2, 0.25) is 0 Å². The largest absolute Gasteiger partial charge is 0.350 e. The van der Waals surface area contributed by atoms with Gasteiger partial charge < -0.3 is 15.5 Å². The first kappa shape index (κ1) is 28.2. The highest BCUT2D eigenvalue weighted by Gasteiger charge is 2.30. The lowest BCUT2D eigenvalue weighted by molar-refractivity contribution is -0.123. The summed E-state index contributed by atoms with van der Waals surface area (Å²) in [5, 5.41) is 5.89. The fraction of sp³-hybridized carbons (Fsp3) is 0.355. The number of amides is 3. The summed E-state index contributed by atoms with van der Waals surface area (Å²) in [7, 11) is 0. The van der Waals surface area contributed by atoms with Gasteiger partial charge in [0.2, 0.25) is 5.91 Å². The average molecular weight is 535 g/mol. The molecule has 0 spiro atoms. The maximum atomic E-state index is 13.6. The lowest BCUT2D eigenvalue weighted by atomic mass is 9.96. The van der Waals surface area contributed by atoms with Crippen LogP contribution in [0.3, 0.4) is 0 Å². The molecule has 0 aliphatic carbocycles. The van der Waals surface area contributed by atoms with Gasteiger partial charge in [0.05, 0.1) is 6.04 Å². The van der Waals surface area contributed by atoms with E-state index in [0.717, 1.165) is 16.7 Å². The summed E-state index contributed by atoms with van der Waals surface area (Å²) in [6.45, 7) is 6.51. The summed E-state index contributed by atoms with van der Waals surface area (Å²) in [5.41, 5.74) is 2.79. The number of carbonyl (C=O) groups excluding carboxylic acids is 2. The average Bonchev–Trinajstić information content (AvgIpc) is 2.94. The first-order chi connectivity index (χ1) is 18.8. The van der Waals surface area contributed by atoms with E-state index < -0.39 is 6.04 Å². The molecule has 0 saturated carbocycles. The van der Waals surface area contributed by atoms with Crippen molar-refractivity contribution in [1.82, 2.24) is 20.4 Å². The second kappa shape index (κ2) is 13.3. The highest BCUT2D eigenvalue weighted by molar-refractivity contribution is 5.87. The molecule has 0 bridgehead atoms. The number of halogens is 2. The van der Waals surface area contributed by atoms with Crippen molar-refractivity contribution in [3.63, 3.8) is 0 Å². The Balaban J connectivity index is 1.39. The molecule has 4 rings (SSSR count). The molecule has 0 aromatic heterocycles. The quantitative estimate of drug-likeness (QED) is 0.401. The molecule has 3 aromatic carbocycles. The smallest absolute Gasteiger partial charge is 0.318 e. The minimum atomic E-state index is -0.634. The van der Waals surface area contributed by atoms with Crippen molar-refractivity contribution in [2.75, 3.05) is 26.2 Å². The van der Waals surface area contributed by atoms with Crippen molar-refractivity contribution >= 4 is 11.9 Å². The van der Waals surface area contributed by atoms with Gasteiger partial charge in [0.25, 0.3) is 0 Å². The van der Waals surface area contributed by atoms with Gasteiger partial charge >= 0.3 is 6.03 Å². The molecule has 1 aliphatic heterocycles. The van der Waals surface area contributed by atoms with Crippen molar-refractivity contribution in [2.45, 2.75) is 38.9 Å². The molecule has 1 atom stereocenters. The predicted octanol–water partition coefficient (Wildman–Crippen LogP) is 5.11. The third-order valence-corrected chi connectivity index (χ3v) is 6.97. The van der Waals surface area contributed by atoms with Crippen LogP contribution in [0.4, 0.5) is 13.6 Å². The van der Waals surface area contributed by atoms with Crippen LogP contribution in [-0.4, -0.2) is 54.0 Å². The fourth-order valence-electron chi connectivity index (χ4n) is 4.94. The number of carbonyl (C=O) groups is 2. The molecule has 3 amide bonds. The zero-order valence-corrected chi connectivity index (χ0v) is 22.4. The number of rotatable bonds is 9. The maximum Gasteiger partial charge on any atom is 0.318 e. The standard InChI is InChI=1S/C31H36F2N4O2/c1-22(2)20-28(30(38)34-21-23-6-4-3-5-7-23)35-31(39)37-18-16-36(17-19-37)29(24-8-12-26(32)13-9-24)25-10-14-27(33)15-11-25/h3-15,22,28-29H,16-21H2,1-2H3,(H,34,38)(H,35,39)/t28-/m1/s1. The van der Waals surface area contributed by atoms with Gasteiger partial charge in [-0.2, -0.15) is 0 Å². The van der Waals surface area contributed by atoms with Gasteiger partial charge in [0.1, 0.15) is 17.7 Å². The van der Waals surface area contributed by atoms with Gasteiger partial charge in [-0.15, -0.1) is 0 Å². The number of urea groups is 1. The van der Waals surface area contributed by atoms with E-state index in [9.17, 15) is 18.4 Å².